The maximum Gasteiger partial charge on any atom is 0.255 e. The first-order valence-corrected chi connectivity index (χ1v) is 6.86. The van der Waals surface area contributed by atoms with Crippen molar-refractivity contribution in [2.24, 2.45) is 0 Å². The van der Waals surface area contributed by atoms with Gasteiger partial charge < -0.3 is 15.0 Å². The van der Waals surface area contributed by atoms with E-state index >= 15 is 0 Å². The second kappa shape index (κ2) is 6.39. The van der Waals surface area contributed by atoms with Crippen LogP contribution in [0, 0.1) is 0 Å². The van der Waals surface area contributed by atoms with E-state index in [1.54, 1.807) is 19.2 Å². The first-order chi connectivity index (χ1) is 8.77. The molecule has 0 saturated heterocycles. The Bertz CT molecular complexity index is 459. The molecule has 0 bridgehead atoms. The lowest BCUT2D eigenvalue weighted by Gasteiger charge is -2.32. The molecule has 106 valence electrons. The fourth-order valence-electron chi connectivity index (χ4n) is 1.40. The topological polar surface area (TPSA) is 41.6 Å². The maximum absolute atomic E-state index is 12.2. The zero-order chi connectivity index (χ0) is 14.6. The van der Waals surface area contributed by atoms with E-state index < -0.39 is 0 Å². The van der Waals surface area contributed by atoms with Gasteiger partial charge in [0, 0.05) is 16.6 Å². The van der Waals surface area contributed by atoms with E-state index in [0.717, 1.165) is 4.47 Å². The summed E-state index contributed by atoms with van der Waals surface area (Å²) >= 11 is 3.36. The lowest BCUT2D eigenvalue weighted by molar-refractivity contribution is 0.0916. The van der Waals surface area contributed by atoms with Crippen molar-refractivity contribution >= 4 is 21.8 Å². The molecule has 0 saturated carbocycles. The fraction of sp³-hybridized carbons (Fsp3) is 0.500. The Morgan fingerprint density at radius 3 is 2.58 bits per heavy atom. The molecule has 0 spiro atoms. The van der Waals surface area contributed by atoms with E-state index in [4.69, 9.17) is 4.74 Å². The minimum absolute atomic E-state index is 0.0989. The van der Waals surface area contributed by atoms with Crippen LogP contribution in [0.2, 0.25) is 0 Å². The van der Waals surface area contributed by atoms with Gasteiger partial charge >= 0.3 is 0 Å². The monoisotopic (exact) mass is 328 g/mol. The zero-order valence-electron chi connectivity index (χ0n) is 12.1. The second-order valence-corrected chi connectivity index (χ2v) is 6.15. The predicted molar refractivity (Wildman–Crippen MR) is 80.8 cm³/mol. The van der Waals surface area contributed by atoms with Gasteiger partial charge in [-0.2, -0.15) is 0 Å². The van der Waals surface area contributed by atoms with Crippen LogP contribution in [-0.4, -0.2) is 44.1 Å². The van der Waals surface area contributed by atoms with Crippen molar-refractivity contribution in [2.45, 2.75) is 19.4 Å². The lowest BCUT2D eigenvalue weighted by Crippen LogP contribution is -2.48. The number of hydrogen-bond donors (Lipinski definition) is 1. The number of likely N-dealkylation sites (N-methyl/N-ethyl adjacent to an activating group) is 1. The van der Waals surface area contributed by atoms with Crippen molar-refractivity contribution in [1.29, 1.82) is 0 Å². The first kappa shape index (κ1) is 16.0. The van der Waals surface area contributed by atoms with E-state index in [2.05, 4.69) is 40.0 Å². The molecule has 0 aliphatic heterocycles. The number of benzene rings is 1. The van der Waals surface area contributed by atoms with Gasteiger partial charge in [-0.3, -0.25) is 4.79 Å². The molecule has 0 heterocycles. The summed E-state index contributed by atoms with van der Waals surface area (Å²) in [6.45, 7) is 4.72. The normalized spacial score (nSPS) is 11.5. The Hall–Kier alpha value is -1.07. The average Bonchev–Trinajstić information content (AvgIpc) is 2.35. The van der Waals surface area contributed by atoms with Gasteiger partial charge in [-0.25, -0.2) is 0 Å². The third-order valence-electron chi connectivity index (χ3n) is 3.30. The lowest BCUT2D eigenvalue weighted by atomic mass is 10.0. The number of nitrogens with zero attached hydrogens (tertiary/aromatic N) is 1. The van der Waals surface area contributed by atoms with Crippen molar-refractivity contribution in [3.05, 3.63) is 28.2 Å². The molecule has 0 aliphatic carbocycles. The molecule has 0 radical (unpaired) electrons. The van der Waals surface area contributed by atoms with Gasteiger partial charge in [0.2, 0.25) is 0 Å². The average molecular weight is 329 g/mol. The van der Waals surface area contributed by atoms with Crippen LogP contribution in [-0.2, 0) is 0 Å². The van der Waals surface area contributed by atoms with Crippen molar-refractivity contribution in [3.8, 4) is 5.75 Å². The number of nitrogens with one attached hydrogen (secondary N) is 1. The number of methoxy groups -OCH3 is 1. The number of rotatable bonds is 5. The molecule has 1 aromatic rings. The Balaban J connectivity index is 2.79. The number of hydrogen-bond acceptors (Lipinski definition) is 3. The van der Waals surface area contributed by atoms with Crippen molar-refractivity contribution in [3.63, 3.8) is 0 Å². The maximum atomic E-state index is 12.2. The minimum Gasteiger partial charge on any atom is -0.496 e. The molecule has 0 aromatic heterocycles. The van der Waals surface area contributed by atoms with Crippen LogP contribution in [0.3, 0.4) is 0 Å². The summed E-state index contributed by atoms with van der Waals surface area (Å²) in [7, 11) is 5.54. The summed E-state index contributed by atoms with van der Waals surface area (Å²) in [6.07, 6.45) is 0. The number of carbonyl (C=O) groups excluding carboxylic acids is 1. The summed E-state index contributed by atoms with van der Waals surface area (Å²) in [6, 6.07) is 5.36. The van der Waals surface area contributed by atoms with Crippen LogP contribution in [0.4, 0.5) is 0 Å². The molecule has 5 heteroatoms. The summed E-state index contributed by atoms with van der Waals surface area (Å²) < 4.78 is 6.11. The number of amides is 1. The Labute approximate surface area is 123 Å². The first-order valence-electron chi connectivity index (χ1n) is 6.07. The predicted octanol–water partition coefficient (Wildman–Crippen LogP) is 2.53. The number of halogens is 1. The van der Waals surface area contributed by atoms with Crippen LogP contribution in [0.5, 0.6) is 5.75 Å². The van der Waals surface area contributed by atoms with Gasteiger partial charge in [0.05, 0.1) is 12.7 Å². The fourth-order valence-corrected chi connectivity index (χ4v) is 1.74. The molecule has 1 aromatic carbocycles. The summed E-state index contributed by atoms with van der Waals surface area (Å²) in [5.41, 5.74) is 0.443. The van der Waals surface area contributed by atoms with Crippen LogP contribution >= 0.6 is 15.9 Å². The van der Waals surface area contributed by atoms with E-state index in [9.17, 15) is 4.79 Å². The molecule has 1 amide bonds. The molecule has 0 aliphatic rings. The Morgan fingerprint density at radius 1 is 1.42 bits per heavy atom. The third-order valence-corrected chi connectivity index (χ3v) is 3.79. The summed E-state index contributed by atoms with van der Waals surface area (Å²) in [4.78, 5) is 14.3. The van der Waals surface area contributed by atoms with E-state index in [-0.39, 0.29) is 11.4 Å². The molecule has 0 unspecified atom stereocenters. The molecule has 4 nitrogen and oxygen atoms in total. The highest BCUT2D eigenvalue weighted by Crippen LogP contribution is 2.23. The van der Waals surface area contributed by atoms with E-state index in [0.29, 0.717) is 17.9 Å². The molecule has 1 N–H and O–H groups in total. The van der Waals surface area contributed by atoms with Gasteiger partial charge in [0.15, 0.2) is 0 Å². The van der Waals surface area contributed by atoms with Gasteiger partial charge in [-0.1, -0.05) is 15.9 Å². The SMILES string of the molecule is COc1cc(Br)ccc1C(=O)NCC(C)(C)N(C)C. The van der Waals surface area contributed by atoms with Crippen molar-refractivity contribution < 1.29 is 9.53 Å². The highest BCUT2D eigenvalue weighted by Gasteiger charge is 2.22. The molecule has 0 fully saturated rings. The molecular weight excluding hydrogens is 308 g/mol. The van der Waals surface area contributed by atoms with Crippen LogP contribution < -0.4 is 10.1 Å². The second-order valence-electron chi connectivity index (χ2n) is 5.23. The van der Waals surface area contributed by atoms with Gasteiger partial charge in [-0.05, 0) is 46.1 Å². The standard InChI is InChI=1S/C14H21BrN2O2/c1-14(2,17(3)4)9-16-13(18)11-7-6-10(15)8-12(11)19-5/h6-8H,9H2,1-5H3,(H,16,18). The van der Waals surface area contributed by atoms with E-state index in [1.807, 2.05) is 20.2 Å². The van der Waals surface area contributed by atoms with Gasteiger partial charge in [0.25, 0.3) is 5.91 Å². The number of carbonyl (C=O) groups is 1. The minimum atomic E-state index is -0.126. The molecular formula is C14H21BrN2O2. The van der Waals surface area contributed by atoms with E-state index in [1.165, 1.54) is 0 Å². The number of ether oxygens (including phenoxy) is 1. The van der Waals surface area contributed by atoms with Crippen LogP contribution in [0.25, 0.3) is 0 Å². The quantitative estimate of drug-likeness (QED) is 0.903. The summed E-state index contributed by atoms with van der Waals surface area (Å²) in [5.74, 6) is 0.439. The van der Waals surface area contributed by atoms with Crippen molar-refractivity contribution in [1.82, 2.24) is 10.2 Å². The highest BCUT2D eigenvalue weighted by molar-refractivity contribution is 9.10. The van der Waals surface area contributed by atoms with Gasteiger partial charge in [0.1, 0.15) is 5.75 Å². The van der Waals surface area contributed by atoms with Crippen LogP contribution in [0.15, 0.2) is 22.7 Å². The summed E-state index contributed by atoms with van der Waals surface area (Å²) in [5, 5.41) is 2.94. The van der Waals surface area contributed by atoms with Gasteiger partial charge in [-0.15, -0.1) is 0 Å². The highest BCUT2D eigenvalue weighted by atomic mass is 79.9. The molecule has 0 atom stereocenters. The van der Waals surface area contributed by atoms with Crippen molar-refractivity contribution in [2.75, 3.05) is 27.7 Å². The molecule has 1 rings (SSSR count). The molecule has 19 heavy (non-hydrogen) atoms. The largest absolute Gasteiger partial charge is 0.496 e. The smallest absolute Gasteiger partial charge is 0.255 e. The third kappa shape index (κ3) is 4.21. The zero-order valence-corrected chi connectivity index (χ0v) is 13.7. The Morgan fingerprint density at radius 2 is 2.05 bits per heavy atom. The van der Waals surface area contributed by atoms with Crippen LogP contribution in [0.1, 0.15) is 24.2 Å². The Kier molecular flexibility index (Phi) is 5.38.